The van der Waals surface area contributed by atoms with Crippen molar-refractivity contribution in [1.82, 2.24) is 4.98 Å². The van der Waals surface area contributed by atoms with E-state index >= 15 is 0 Å². The lowest BCUT2D eigenvalue weighted by Crippen LogP contribution is -1.87. The maximum absolute atomic E-state index is 5.74. The van der Waals surface area contributed by atoms with Crippen LogP contribution in [0.15, 0.2) is 63.7 Å². The standard InChI is InChI=1S/C15H9Br2NO/c16-12-6-4-11-9-13(7-5-10(11)8-12)19-15-3-1-2-14(17)18-15/h1-9H. The number of ether oxygens (including phenoxy) is 1. The molecule has 2 aromatic carbocycles. The molecule has 0 saturated heterocycles. The van der Waals surface area contributed by atoms with Crippen LogP contribution in [0.5, 0.6) is 11.6 Å². The predicted molar refractivity (Wildman–Crippen MR) is 83.7 cm³/mol. The Bertz CT molecular complexity index is 743. The third-order valence-corrected chi connectivity index (χ3v) is 3.62. The average Bonchev–Trinajstić information content (AvgIpc) is 2.39. The molecule has 0 bridgehead atoms. The van der Waals surface area contributed by atoms with Crippen molar-refractivity contribution in [3.05, 3.63) is 63.7 Å². The number of benzene rings is 2. The Morgan fingerprint density at radius 3 is 2.47 bits per heavy atom. The molecule has 4 heteroatoms. The Morgan fingerprint density at radius 2 is 1.63 bits per heavy atom. The van der Waals surface area contributed by atoms with E-state index in [1.165, 1.54) is 5.39 Å². The Kier molecular flexibility index (Phi) is 3.53. The smallest absolute Gasteiger partial charge is 0.220 e. The highest BCUT2D eigenvalue weighted by atomic mass is 79.9. The Hall–Kier alpha value is -1.39. The van der Waals surface area contributed by atoms with E-state index < -0.39 is 0 Å². The van der Waals surface area contributed by atoms with Crippen LogP contribution in [0.1, 0.15) is 0 Å². The molecule has 0 radical (unpaired) electrons. The molecular formula is C15H9Br2NO. The first kappa shape index (κ1) is 12.6. The fraction of sp³-hybridized carbons (Fsp3) is 0. The zero-order valence-electron chi connectivity index (χ0n) is 9.81. The van der Waals surface area contributed by atoms with Gasteiger partial charge in [-0.1, -0.05) is 34.1 Å². The summed E-state index contributed by atoms with van der Waals surface area (Å²) in [5, 5.41) is 2.31. The summed E-state index contributed by atoms with van der Waals surface area (Å²) >= 11 is 6.79. The van der Waals surface area contributed by atoms with Crippen molar-refractivity contribution in [3.8, 4) is 11.6 Å². The van der Waals surface area contributed by atoms with Gasteiger partial charge in [0.25, 0.3) is 0 Å². The lowest BCUT2D eigenvalue weighted by molar-refractivity contribution is 0.462. The van der Waals surface area contributed by atoms with Crippen LogP contribution >= 0.6 is 31.9 Å². The summed E-state index contributed by atoms with van der Waals surface area (Å²) in [6, 6.07) is 17.7. The number of hydrogen-bond acceptors (Lipinski definition) is 2. The van der Waals surface area contributed by atoms with Crippen molar-refractivity contribution in [2.24, 2.45) is 0 Å². The molecule has 0 aliphatic carbocycles. The van der Waals surface area contributed by atoms with Crippen molar-refractivity contribution in [3.63, 3.8) is 0 Å². The van der Waals surface area contributed by atoms with Gasteiger partial charge in [0.2, 0.25) is 5.88 Å². The molecule has 0 aliphatic heterocycles. The van der Waals surface area contributed by atoms with E-state index in [-0.39, 0.29) is 0 Å². The van der Waals surface area contributed by atoms with Crippen LogP contribution in [0.3, 0.4) is 0 Å². The molecule has 3 aromatic rings. The quantitative estimate of drug-likeness (QED) is 0.545. The Morgan fingerprint density at radius 1 is 0.842 bits per heavy atom. The van der Waals surface area contributed by atoms with Gasteiger partial charge < -0.3 is 4.74 Å². The van der Waals surface area contributed by atoms with E-state index in [9.17, 15) is 0 Å². The van der Waals surface area contributed by atoms with Gasteiger partial charge in [0, 0.05) is 10.5 Å². The third-order valence-electron chi connectivity index (χ3n) is 2.69. The maximum atomic E-state index is 5.74. The molecule has 0 N–H and O–H groups in total. The molecule has 0 unspecified atom stereocenters. The molecule has 1 aromatic heterocycles. The minimum absolute atomic E-state index is 0.575. The zero-order valence-corrected chi connectivity index (χ0v) is 13.0. The van der Waals surface area contributed by atoms with Gasteiger partial charge in [0.15, 0.2) is 0 Å². The molecule has 3 rings (SSSR count). The van der Waals surface area contributed by atoms with Crippen LogP contribution in [-0.2, 0) is 0 Å². The summed E-state index contributed by atoms with van der Waals surface area (Å²) in [6.45, 7) is 0. The molecule has 1 heterocycles. The Labute approximate surface area is 127 Å². The van der Waals surface area contributed by atoms with E-state index in [1.807, 2.05) is 42.5 Å². The minimum atomic E-state index is 0.575. The monoisotopic (exact) mass is 377 g/mol. The summed E-state index contributed by atoms with van der Waals surface area (Å²) in [6.07, 6.45) is 0. The van der Waals surface area contributed by atoms with Gasteiger partial charge in [-0.05, 0) is 57.0 Å². The predicted octanol–water partition coefficient (Wildman–Crippen LogP) is 5.55. The highest BCUT2D eigenvalue weighted by Crippen LogP contribution is 2.27. The number of nitrogens with zero attached hydrogens (tertiary/aromatic N) is 1. The van der Waals surface area contributed by atoms with E-state index in [2.05, 4.69) is 49.0 Å². The fourth-order valence-electron chi connectivity index (χ4n) is 1.83. The van der Waals surface area contributed by atoms with Gasteiger partial charge >= 0.3 is 0 Å². The normalized spacial score (nSPS) is 10.6. The molecule has 19 heavy (non-hydrogen) atoms. The lowest BCUT2D eigenvalue weighted by atomic mass is 10.1. The second-order valence-electron chi connectivity index (χ2n) is 4.05. The van der Waals surface area contributed by atoms with Crippen LogP contribution in [0, 0.1) is 0 Å². The topological polar surface area (TPSA) is 22.1 Å². The van der Waals surface area contributed by atoms with Crippen molar-refractivity contribution >= 4 is 42.6 Å². The van der Waals surface area contributed by atoms with Crippen LogP contribution in [0.4, 0.5) is 0 Å². The van der Waals surface area contributed by atoms with Gasteiger partial charge in [0.05, 0.1) is 0 Å². The van der Waals surface area contributed by atoms with E-state index in [0.717, 1.165) is 20.2 Å². The van der Waals surface area contributed by atoms with Crippen molar-refractivity contribution < 1.29 is 4.74 Å². The van der Waals surface area contributed by atoms with Crippen molar-refractivity contribution in [1.29, 1.82) is 0 Å². The van der Waals surface area contributed by atoms with Crippen molar-refractivity contribution in [2.45, 2.75) is 0 Å². The molecule has 2 nitrogen and oxygen atoms in total. The molecule has 0 aliphatic rings. The third kappa shape index (κ3) is 2.96. The summed E-state index contributed by atoms with van der Waals surface area (Å²) in [5.41, 5.74) is 0. The van der Waals surface area contributed by atoms with Gasteiger partial charge in [-0.15, -0.1) is 0 Å². The summed E-state index contributed by atoms with van der Waals surface area (Å²) in [4.78, 5) is 4.25. The van der Waals surface area contributed by atoms with Crippen LogP contribution in [-0.4, -0.2) is 4.98 Å². The summed E-state index contributed by atoms with van der Waals surface area (Å²) in [5.74, 6) is 1.35. The fourth-order valence-corrected chi connectivity index (χ4v) is 2.53. The van der Waals surface area contributed by atoms with Crippen LogP contribution in [0.2, 0.25) is 0 Å². The minimum Gasteiger partial charge on any atom is -0.439 e. The van der Waals surface area contributed by atoms with Gasteiger partial charge in [0.1, 0.15) is 10.4 Å². The van der Waals surface area contributed by atoms with E-state index in [4.69, 9.17) is 4.74 Å². The van der Waals surface area contributed by atoms with Crippen LogP contribution in [0.25, 0.3) is 10.8 Å². The average molecular weight is 379 g/mol. The number of rotatable bonds is 2. The van der Waals surface area contributed by atoms with Crippen molar-refractivity contribution in [2.75, 3.05) is 0 Å². The van der Waals surface area contributed by atoms with Gasteiger partial charge in [-0.3, -0.25) is 0 Å². The maximum Gasteiger partial charge on any atom is 0.220 e. The molecule has 94 valence electrons. The highest BCUT2D eigenvalue weighted by Gasteiger charge is 2.01. The first-order valence-corrected chi connectivity index (χ1v) is 7.29. The molecule has 0 spiro atoms. The zero-order chi connectivity index (χ0) is 13.2. The number of pyridine rings is 1. The van der Waals surface area contributed by atoms with Gasteiger partial charge in [-0.2, -0.15) is 0 Å². The summed E-state index contributed by atoms with van der Waals surface area (Å²) < 4.78 is 7.58. The second kappa shape index (κ2) is 5.31. The van der Waals surface area contributed by atoms with E-state index in [0.29, 0.717) is 5.88 Å². The largest absolute Gasteiger partial charge is 0.439 e. The first-order valence-electron chi connectivity index (χ1n) is 5.70. The number of hydrogen-bond donors (Lipinski definition) is 0. The number of fused-ring (bicyclic) bond motifs is 1. The SMILES string of the molecule is Brc1ccc2cc(Oc3cccc(Br)n3)ccc2c1. The van der Waals surface area contributed by atoms with Gasteiger partial charge in [-0.25, -0.2) is 4.98 Å². The number of aromatic nitrogens is 1. The first-order chi connectivity index (χ1) is 9.20. The number of halogens is 2. The van der Waals surface area contributed by atoms with Crippen LogP contribution < -0.4 is 4.74 Å². The molecule has 0 saturated carbocycles. The molecule has 0 amide bonds. The lowest BCUT2D eigenvalue weighted by Gasteiger charge is -2.06. The highest BCUT2D eigenvalue weighted by molar-refractivity contribution is 9.10. The Balaban J connectivity index is 1.95. The summed E-state index contributed by atoms with van der Waals surface area (Å²) in [7, 11) is 0. The van der Waals surface area contributed by atoms with E-state index in [1.54, 1.807) is 0 Å². The second-order valence-corrected chi connectivity index (χ2v) is 5.78. The molecule has 0 fully saturated rings. The molecular weight excluding hydrogens is 370 g/mol. The molecule has 0 atom stereocenters.